The molecule has 1 aromatic heterocycles. The van der Waals surface area contributed by atoms with Crippen molar-refractivity contribution in [3.05, 3.63) is 16.6 Å². The second-order valence-corrected chi connectivity index (χ2v) is 7.39. The Morgan fingerprint density at radius 1 is 1.58 bits per heavy atom. The minimum absolute atomic E-state index is 0.255. The average Bonchev–Trinajstić information content (AvgIpc) is 2.85. The molecule has 0 bridgehead atoms. The SMILES string of the molecule is CCC1(C)CN(Cc2nccs2)C(CC(C)C)CN1. The Balaban J connectivity index is 2.06. The maximum absolute atomic E-state index is 4.45. The average molecular weight is 281 g/mol. The summed E-state index contributed by atoms with van der Waals surface area (Å²) in [5, 5.41) is 7.07. The predicted molar refractivity (Wildman–Crippen MR) is 82.5 cm³/mol. The highest BCUT2D eigenvalue weighted by Gasteiger charge is 2.34. The van der Waals surface area contributed by atoms with Gasteiger partial charge >= 0.3 is 0 Å². The summed E-state index contributed by atoms with van der Waals surface area (Å²) in [6, 6.07) is 0.642. The van der Waals surface area contributed by atoms with E-state index in [0.29, 0.717) is 6.04 Å². The normalized spacial score (nSPS) is 29.0. The van der Waals surface area contributed by atoms with Gasteiger partial charge in [0.1, 0.15) is 5.01 Å². The van der Waals surface area contributed by atoms with Crippen molar-refractivity contribution in [3.8, 4) is 0 Å². The van der Waals surface area contributed by atoms with E-state index in [1.807, 2.05) is 6.20 Å². The zero-order valence-corrected chi connectivity index (χ0v) is 13.5. The smallest absolute Gasteiger partial charge is 0.107 e. The molecule has 1 aromatic rings. The van der Waals surface area contributed by atoms with Crippen molar-refractivity contribution in [1.29, 1.82) is 0 Å². The van der Waals surface area contributed by atoms with E-state index in [1.54, 1.807) is 11.3 Å². The van der Waals surface area contributed by atoms with Crippen LogP contribution in [0.15, 0.2) is 11.6 Å². The number of hydrogen-bond acceptors (Lipinski definition) is 4. The summed E-state index contributed by atoms with van der Waals surface area (Å²) < 4.78 is 0. The number of nitrogens with zero attached hydrogens (tertiary/aromatic N) is 2. The maximum Gasteiger partial charge on any atom is 0.107 e. The zero-order valence-electron chi connectivity index (χ0n) is 12.6. The molecule has 1 N–H and O–H groups in total. The molecule has 1 fully saturated rings. The lowest BCUT2D eigenvalue weighted by atomic mass is 9.91. The van der Waals surface area contributed by atoms with Crippen LogP contribution in [0.25, 0.3) is 0 Å². The first-order chi connectivity index (χ1) is 9.02. The molecular formula is C15H27N3S. The fourth-order valence-corrected chi connectivity index (χ4v) is 3.47. The van der Waals surface area contributed by atoms with Gasteiger partial charge in [-0.25, -0.2) is 4.98 Å². The quantitative estimate of drug-likeness (QED) is 0.899. The molecule has 19 heavy (non-hydrogen) atoms. The molecule has 0 spiro atoms. The predicted octanol–water partition coefficient (Wildman–Crippen LogP) is 3.13. The highest BCUT2D eigenvalue weighted by Crippen LogP contribution is 2.24. The Labute approximate surface area is 121 Å². The first kappa shape index (κ1) is 14.9. The Morgan fingerprint density at radius 2 is 2.37 bits per heavy atom. The van der Waals surface area contributed by atoms with Crippen molar-refractivity contribution >= 4 is 11.3 Å². The molecule has 2 rings (SSSR count). The summed E-state index contributed by atoms with van der Waals surface area (Å²) in [6.07, 6.45) is 4.35. The van der Waals surface area contributed by atoms with Gasteiger partial charge in [-0.2, -0.15) is 0 Å². The van der Waals surface area contributed by atoms with E-state index in [0.717, 1.165) is 25.6 Å². The van der Waals surface area contributed by atoms with Crippen molar-refractivity contribution in [2.24, 2.45) is 5.92 Å². The van der Waals surface area contributed by atoms with E-state index in [1.165, 1.54) is 17.8 Å². The molecule has 1 aliphatic rings. The first-order valence-corrected chi connectivity index (χ1v) is 8.28. The van der Waals surface area contributed by atoms with Gasteiger partial charge in [-0.05, 0) is 25.7 Å². The molecule has 1 saturated heterocycles. The van der Waals surface area contributed by atoms with Gasteiger partial charge in [0.15, 0.2) is 0 Å². The maximum atomic E-state index is 4.45. The molecule has 2 unspecified atom stereocenters. The second-order valence-electron chi connectivity index (χ2n) is 6.41. The Kier molecular flexibility index (Phi) is 4.98. The molecule has 0 saturated carbocycles. The van der Waals surface area contributed by atoms with Crippen LogP contribution in [0, 0.1) is 5.92 Å². The third-order valence-corrected chi connectivity index (χ3v) is 4.94. The summed E-state index contributed by atoms with van der Waals surface area (Å²) in [7, 11) is 0. The summed E-state index contributed by atoms with van der Waals surface area (Å²) in [4.78, 5) is 7.09. The molecule has 108 valence electrons. The third kappa shape index (κ3) is 4.01. The molecule has 0 aromatic carbocycles. The molecule has 2 heterocycles. The molecule has 3 nitrogen and oxygen atoms in total. The Morgan fingerprint density at radius 3 is 2.95 bits per heavy atom. The van der Waals surface area contributed by atoms with E-state index in [4.69, 9.17) is 0 Å². The van der Waals surface area contributed by atoms with Gasteiger partial charge in [-0.3, -0.25) is 4.90 Å². The van der Waals surface area contributed by atoms with Gasteiger partial charge < -0.3 is 5.32 Å². The highest BCUT2D eigenvalue weighted by molar-refractivity contribution is 7.09. The number of rotatable bonds is 5. The molecule has 4 heteroatoms. The van der Waals surface area contributed by atoms with Gasteiger partial charge in [-0.1, -0.05) is 20.8 Å². The Bertz CT molecular complexity index is 377. The second kappa shape index (κ2) is 6.33. The van der Waals surface area contributed by atoms with Crippen LogP contribution in [0.1, 0.15) is 45.5 Å². The lowest BCUT2D eigenvalue weighted by Gasteiger charge is -2.46. The van der Waals surface area contributed by atoms with Crippen LogP contribution in [0.5, 0.6) is 0 Å². The lowest BCUT2D eigenvalue weighted by molar-refractivity contribution is 0.0664. The van der Waals surface area contributed by atoms with Crippen molar-refractivity contribution < 1.29 is 0 Å². The summed E-state index contributed by atoms with van der Waals surface area (Å²) >= 11 is 1.77. The molecular weight excluding hydrogens is 254 g/mol. The van der Waals surface area contributed by atoms with Gasteiger partial charge in [0.2, 0.25) is 0 Å². The highest BCUT2D eigenvalue weighted by atomic mass is 32.1. The molecule has 2 atom stereocenters. The summed E-state index contributed by atoms with van der Waals surface area (Å²) in [5.74, 6) is 0.747. The molecule has 0 aliphatic carbocycles. The van der Waals surface area contributed by atoms with E-state index < -0.39 is 0 Å². The van der Waals surface area contributed by atoms with Crippen molar-refractivity contribution in [1.82, 2.24) is 15.2 Å². The molecule has 0 amide bonds. The van der Waals surface area contributed by atoms with Crippen LogP contribution in [0.2, 0.25) is 0 Å². The number of hydrogen-bond donors (Lipinski definition) is 1. The summed E-state index contributed by atoms with van der Waals surface area (Å²) in [5.41, 5.74) is 0.255. The number of thiazole rings is 1. The van der Waals surface area contributed by atoms with Crippen LogP contribution >= 0.6 is 11.3 Å². The van der Waals surface area contributed by atoms with Gasteiger partial charge in [0, 0.05) is 36.2 Å². The van der Waals surface area contributed by atoms with Crippen LogP contribution < -0.4 is 5.32 Å². The number of aromatic nitrogens is 1. The van der Waals surface area contributed by atoms with E-state index in [9.17, 15) is 0 Å². The molecule has 0 radical (unpaired) electrons. The molecule has 1 aliphatic heterocycles. The van der Waals surface area contributed by atoms with E-state index >= 15 is 0 Å². The van der Waals surface area contributed by atoms with Crippen LogP contribution in [-0.2, 0) is 6.54 Å². The van der Waals surface area contributed by atoms with Crippen molar-refractivity contribution in [3.63, 3.8) is 0 Å². The number of nitrogens with one attached hydrogen (secondary N) is 1. The van der Waals surface area contributed by atoms with E-state index in [2.05, 4.69) is 48.3 Å². The largest absolute Gasteiger partial charge is 0.309 e. The fourth-order valence-electron chi connectivity index (χ4n) is 2.83. The van der Waals surface area contributed by atoms with Crippen molar-refractivity contribution in [2.75, 3.05) is 13.1 Å². The van der Waals surface area contributed by atoms with Gasteiger partial charge in [0.25, 0.3) is 0 Å². The lowest BCUT2D eigenvalue weighted by Crippen LogP contribution is -2.62. The minimum atomic E-state index is 0.255. The standard InChI is InChI=1S/C15H27N3S/c1-5-15(4)11-18(10-14-16-6-7-19-14)13(9-17-15)8-12(2)3/h6-7,12-13,17H,5,8-11H2,1-4H3. The van der Waals surface area contributed by atoms with Crippen LogP contribution in [0.3, 0.4) is 0 Å². The van der Waals surface area contributed by atoms with Crippen LogP contribution in [-0.4, -0.2) is 34.6 Å². The minimum Gasteiger partial charge on any atom is -0.309 e. The van der Waals surface area contributed by atoms with Crippen LogP contribution in [0.4, 0.5) is 0 Å². The third-order valence-electron chi connectivity index (χ3n) is 4.18. The van der Waals surface area contributed by atoms with E-state index in [-0.39, 0.29) is 5.54 Å². The van der Waals surface area contributed by atoms with Gasteiger partial charge in [0.05, 0.1) is 6.54 Å². The number of piperazine rings is 1. The summed E-state index contributed by atoms with van der Waals surface area (Å²) in [6.45, 7) is 12.5. The topological polar surface area (TPSA) is 28.2 Å². The first-order valence-electron chi connectivity index (χ1n) is 7.40. The van der Waals surface area contributed by atoms with Crippen molar-refractivity contribution in [2.45, 2.75) is 58.7 Å². The monoisotopic (exact) mass is 281 g/mol. The fraction of sp³-hybridized carbons (Fsp3) is 0.800. The van der Waals surface area contributed by atoms with Gasteiger partial charge in [-0.15, -0.1) is 11.3 Å². The Hall–Kier alpha value is -0.450. The zero-order chi connectivity index (χ0) is 13.9.